The molecule has 0 bridgehead atoms. The van der Waals surface area contributed by atoms with Gasteiger partial charge in [-0.05, 0) is 46.1 Å². The number of hydrogen-bond acceptors (Lipinski definition) is 4. The van der Waals surface area contributed by atoms with Crippen LogP contribution in [0.1, 0.15) is 53.1 Å². The molecule has 8 heteroatoms. The average molecular weight is 488 g/mol. The molecular weight excluding hydrogens is 459 g/mol. The van der Waals surface area contributed by atoms with E-state index in [0.29, 0.717) is 12.1 Å². The van der Waals surface area contributed by atoms with Crippen molar-refractivity contribution >= 4 is 41.3 Å². The minimum Gasteiger partial charge on any atom is -0.353 e. The van der Waals surface area contributed by atoms with Gasteiger partial charge in [0.05, 0.1) is 22.9 Å². The van der Waals surface area contributed by atoms with E-state index < -0.39 is 0 Å². The molecule has 0 radical (unpaired) electrons. The van der Waals surface area contributed by atoms with Gasteiger partial charge >= 0.3 is 0 Å². The first-order chi connectivity index (χ1) is 12.0. The summed E-state index contributed by atoms with van der Waals surface area (Å²) in [6.07, 6.45) is 5.34. The minimum absolute atomic E-state index is 0. The monoisotopic (exact) mass is 488 g/mol. The maximum Gasteiger partial charge on any atom is 0.191 e. The normalized spacial score (nSPS) is 17.0. The molecule has 1 atom stereocenters. The zero-order valence-electron chi connectivity index (χ0n) is 16.2. The Morgan fingerprint density at radius 1 is 1.42 bits per heavy atom. The summed E-state index contributed by atoms with van der Waals surface area (Å²) in [7, 11) is 1.82. The Labute approximate surface area is 176 Å². The van der Waals surface area contributed by atoms with Crippen LogP contribution in [0.15, 0.2) is 11.2 Å². The number of nitrogens with one attached hydrogen (secondary N) is 2. The molecule has 1 aliphatic carbocycles. The lowest BCUT2D eigenvalue weighted by atomic mass is 9.94. The van der Waals surface area contributed by atoms with Gasteiger partial charge in [0.25, 0.3) is 0 Å². The lowest BCUT2D eigenvalue weighted by Crippen LogP contribution is -2.45. The summed E-state index contributed by atoms with van der Waals surface area (Å²) in [4.78, 5) is 10.1. The van der Waals surface area contributed by atoms with Crippen molar-refractivity contribution in [2.24, 2.45) is 4.99 Å². The van der Waals surface area contributed by atoms with Crippen LogP contribution in [0.25, 0.3) is 0 Å². The van der Waals surface area contributed by atoms with Crippen LogP contribution in [0, 0.1) is 13.8 Å². The maximum absolute atomic E-state index is 4.75. The fourth-order valence-electron chi connectivity index (χ4n) is 3.19. The number of thiazole rings is 1. The molecule has 1 aliphatic rings. The summed E-state index contributed by atoms with van der Waals surface area (Å²) < 4.78 is 2.08. The first kappa shape index (κ1) is 21.1. The highest BCUT2D eigenvalue weighted by Gasteiger charge is 2.23. The molecule has 0 amide bonds. The van der Waals surface area contributed by atoms with Gasteiger partial charge in [0, 0.05) is 36.6 Å². The number of rotatable bonds is 4. The maximum atomic E-state index is 4.75. The third-order valence-corrected chi connectivity index (χ3v) is 5.68. The second kappa shape index (κ2) is 9.16. The highest BCUT2D eigenvalue weighted by Crippen LogP contribution is 2.22. The Hall–Kier alpha value is -1.16. The minimum atomic E-state index is 0. The summed E-state index contributed by atoms with van der Waals surface area (Å²) in [6.45, 7) is 9.21. The molecule has 144 valence electrons. The summed E-state index contributed by atoms with van der Waals surface area (Å²) >= 11 is 1.74. The predicted molar refractivity (Wildman–Crippen MR) is 119 cm³/mol. The fourth-order valence-corrected chi connectivity index (χ4v) is 4.07. The second-order valence-corrected chi connectivity index (χ2v) is 8.21. The van der Waals surface area contributed by atoms with Crippen molar-refractivity contribution in [2.75, 3.05) is 7.05 Å². The van der Waals surface area contributed by atoms with E-state index in [4.69, 9.17) is 5.10 Å². The molecule has 2 aromatic rings. The average Bonchev–Trinajstić information content (AvgIpc) is 3.13. The molecule has 0 saturated heterocycles. The van der Waals surface area contributed by atoms with Crippen LogP contribution in [0.5, 0.6) is 0 Å². The number of fused-ring (bicyclic) bond motifs is 1. The smallest absolute Gasteiger partial charge is 0.191 e. The van der Waals surface area contributed by atoms with Crippen molar-refractivity contribution in [3.8, 4) is 0 Å². The number of nitrogens with zero attached hydrogens (tertiary/aromatic N) is 4. The Bertz CT molecular complexity index is 764. The molecule has 0 aliphatic heterocycles. The number of aromatic nitrogens is 3. The predicted octanol–water partition coefficient (Wildman–Crippen LogP) is 3.38. The molecule has 0 aromatic carbocycles. The van der Waals surface area contributed by atoms with E-state index in [0.717, 1.165) is 42.5 Å². The lowest BCUT2D eigenvalue weighted by Gasteiger charge is -2.24. The molecule has 0 fully saturated rings. The van der Waals surface area contributed by atoms with Crippen molar-refractivity contribution in [3.63, 3.8) is 0 Å². The molecule has 3 rings (SSSR count). The number of hydrogen-bond donors (Lipinski definition) is 2. The first-order valence-electron chi connectivity index (χ1n) is 8.93. The van der Waals surface area contributed by atoms with E-state index in [9.17, 15) is 0 Å². The van der Waals surface area contributed by atoms with Gasteiger partial charge in [0.2, 0.25) is 0 Å². The van der Waals surface area contributed by atoms with Crippen LogP contribution < -0.4 is 10.6 Å². The van der Waals surface area contributed by atoms with Gasteiger partial charge in [0.15, 0.2) is 5.96 Å². The zero-order chi connectivity index (χ0) is 18.0. The molecule has 2 aromatic heterocycles. The van der Waals surface area contributed by atoms with E-state index >= 15 is 0 Å². The number of aryl methyl sites for hydroxylation is 3. The summed E-state index contributed by atoms with van der Waals surface area (Å²) in [5.74, 6) is 0.849. The Kier molecular flexibility index (Phi) is 7.45. The SMILES string of the molecule is CN=C(NCc1sc(C)nc1C)NC1CCc2cn(C(C)C)nc2C1.I. The van der Waals surface area contributed by atoms with Gasteiger partial charge in [-0.3, -0.25) is 9.67 Å². The van der Waals surface area contributed by atoms with Gasteiger partial charge < -0.3 is 10.6 Å². The standard InChI is InChI=1S/C18H28N6S.HI/c1-11(2)24-10-14-6-7-15(8-16(14)23-24)22-18(19-5)20-9-17-12(3)21-13(4)25-17;/h10-11,15H,6-9H2,1-5H3,(H2,19,20,22);1H. The van der Waals surface area contributed by atoms with E-state index in [-0.39, 0.29) is 24.0 Å². The quantitative estimate of drug-likeness (QED) is 0.394. The van der Waals surface area contributed by atoms with Crippen LogP contribution in [-0.4, -0.2) is 33.8 Å². The van der Waals surface area contributed by atoms with E-state index in [2.05, 4.69) is 52.3 Å². The highest BCUT2D eigenvalue weighted by atomic mass is 127. The molecule has 2 heterocycles. The van der Waals surface area contributed by atoms with Crippen molar-refractivity contribution < 1.29 is 0 Å². The molecule has 0 saturated carbocycles. The number of aliphatic imine (C=N–C) groups is 1. The summed E-state index contributed by atoms with van der Waals surface area (Å²) in [6, 6.07) is 0.788. The Balaban J connectivity index is 0.00000243. The summed E-state index contributed by atoms with van der Waals surface area (Å²) in [5.41, 5.74) is 3.72. The van der Waals surface area contributed by atoms with Crippen molar-refractivity contribution in [2.45, 2.75) is 65.6 Å². The van der Waals surface area contributed by atoms with Gasteiger partial charge in [0.1, 0.15) is 0 Å². The number of guanidine groups is 1. The fraction of sp³-hybridized carbons (Fsp3) is 0.611. The van der Waals surface area contributed by atoms with Crippen LogP contribution in [-0.2, 0) is 19.4 Å². The van der Waals surface area contributed by atoms with E-state index in [1.165, 1.54) is 16.1 Å². The zero-order valence-corrected chi connectivity index (χ0v) is 19.3. The lowest BCUT2D eigenvalue weighted by molar-refractivity contribution is 0.499. The topological polar surface area (TPSA) is 67.1 Å². The molecular formula is C18H29IN6S. The van der Waals surface area contributed by atoms with Gasteiger partial charge in [-0.25, -0.2) is 4.98 Å². The van der Waals surface area contributed by atoms with Gasteiger partial charge in [-0.2, -0.15) is 5.10 Å². The van der Waals surface area contributed by atoms with Gasteiger partial charge in [-0.15, -0.1) is 35.3 Å². The molecule has 1 unspecified atom stereocenters. The third kappa shape index (κ3) is 4.97. The van der Waals surface area contributed by atoms with Crippen LogP contribution in [0.3, 0.4) is 0 Å². The van der Waals surface area contributed by atoms with E-state index in [1.807, 2.05) is 14.0 Å². The highest BCUT2D eigenvalue weighted by molar-refractivity contribution is 14.0. The molecule has 2 N–H and O–H groups in total. The second-order valence-electron chi connectivity index (χ2n) is 6.93. The van der Waals surface area contributed by atoms with Crippen molar-refractivity contribution in [1.29, 1.82) is 0 Å². The largest absolute Gasteiger partial charge is 0.353 e. The van der Waals surface area contributed by atoms with Crippen LogP contribution in [0.4, 0.5) is 0 Å². The third-order valence-electron chi connectivity index (χ3n) is 4.61. The molecule has 6 nitrogen and oxygen atoms in total. The van der Waals surface area contributed by atoms with Gasteiger partial charge in [-0.1, -0.05) is 0 Å². The summed E-state index contributed by atoms with van der Waals surface area (Å²) in [5, 5.41) is 12.8. The van der Waals surface area contributed by atoms with Crippen molar-refractivity contribution in [1.82, 2.24) is 25.4 Å². The van der Waals surface area contributed by atoms with E-state index in [1.54, 1.807) is 11.3 Å². The van der Waals surface area contributed by atoms with Crippen LogP contribution >= 0.6 is 35.3 Å². The van der Waals surface area contributed by atoms with Crippen molar-refractivity contribution in [3.05, 3.63) is 33.0 Å². The molecule has 26 heavy (non-hydrogen) atoms. The van der Waals surface area contributed by atoms with Crippen LogP contribution in [0.2, 0.25) is 0 Å². The Morgan fingerprint density at radius 2 is 2.19 bits per heavy atom. The Morgan fingerprint density at radius 3 is 2.81 bits per heavy atom. The number of halogens is 1. The molecule has 0 spiro atoms. The first-order valence-corrected chi connectivity index (χ1v) is 9.75.